The topological polar surface area (TPSA) is 39.2 Å². The highest BCUT2D eigenvalue weighted by molar-refractivity contribution is 5.12. The van der Waals surface area contributed by atoms with Gasteiger partial charge in [-0.2, -0.15) is 0 Å². The van der Waals surface area contributed by atoms with E-state index in [0.29, 0.717) is 5.92 Å². The van der Waals surface area contributed by atoms with Crippen LogP contribution in [0.4, 0.5) is 0 Å². The van der Waals surface area contributed by atoms with Gasteiger partial charge in [-0.1, -0.05) is 26.2 Å². The number of hydrogen-bond acceptors (Lipinski definition) is 2. The van der Waals surface area contributed by atoms with Crippen LogP contribution in [-0.2, 0) is 0 Å². The van der Waals surface area contributed by atoms with E-state index in [-0.39, 0.29) is 6.04 Å². The molecule has 0 aliphatic heterocycles. The highest BCUT2D eigenvalue weighted by Crippen LogP contribution is 2.36. The predicted octanol–water partition coefficient (Wildman–Crippen LogP) is 3.50. The summed E-state index contributed by atoms with van der Waals surface area (Å²) in [5.74, 6) is 1.60. The van der Waals surface area contributed by atoms with E-state index in [4.69, 9.17) is 10.2 Å². The van der Waals surface area contributed by atoms with Gasteiger partial charge in [-0.25, -0.2) is 0 Å². The van der Waals surface area contributed by atoms with Gasteiger partial charge < -0.3 is 10.2 Å². The van der Waals surface area contributed by atoms with E-state index in [1.807, 2.05) is 6.07 Å². The molecule has 0 aromatic carbocycles. The molecule has 0 amide bonds. The van der Waals surface area contributed by atoms with Crippen molar-refractivity contribution in [3.05, 3.63) is 24.2 Å². The van der Waals surface area contributed by atoms with Crippen LogP contribution in [0.1, 0.15) is 50.6 Å². The average Bonchev–Trinajstić information content (AvgIpc) is 2.82. The second-order valence-corrected chi connectivity index (χ2v) is 4.77. The number of rotatable bonds is 3. The minimum atomic E-state index is 0.182. The molecule has 0 spiro atoms. The molecule has 1 aromatic heterocycles. The van der Waals surface area contributed by atoms with Crippen LogP contribution in [0.25, 0.3) is 0 Å². The molecule has 15 heavy (non-hydrogen) atoms. The summed E-state index contributed by atoms with van der Waals surface area (Å²) in [6.07, 6.45) is 10.1. The lowest BCUT2D eigenvalue weighted by molar-refractivity contribution is 0.239. The molecule has 1 fully saturated rings. The normalized spacial score (nSPS) is 28.9. The highest BCUT2D eigenvalue weighted by atomic mass is 16.3. The fourth-order valence-electron chi connectivity index (χ4n) is 2.69. The van der Waals surface area contributed by atoms with Gasteiger partial charge in [0.05, 0.1) is 12.5 Å². The lowest BCUT2D eigenvalue weighted by Crippen LogP contribution is -2.25. The van der Waals surface area contributed by atoms with Crippen molar-refractivity contribution in [1.82, 2.24) is 0 Å². The second kappa shape index (κ2) is 4.84. The lowest BCUT2D eigenvalue weighted by atomic mass is 9.76. The van der Waals surface area contributed by atoms with Crippen LogP contribution >= 0.6 is 0 Å². The van der Waals surface area contributed by atoms with E-state index >= 15 is 0 Å². The molecule has 1 unspecified atom stereocenters. The number of hydrogen-bond donors (Lipinski definition) is 1. The van der Waals surface area contributed by atoms with E-state index in [1.54, 1.807) is 12.5 Å². The molecule has 0 bridgehead atoms. The fourth-order valence-corrected chi connectivity index (χ4v) is 2.69. The van der Waals surface area contributed by atoms with Crippen molar-refractivity contribution in [2.75, 3.05) is 0 Å². The summed E-state index contributed by atoms with van der Waals surface area (Å²) in [6.45, 7) is 2.29. The van der Waals surface area contributed by atoms with Gasteiger partial charge in [0, 0.05) is 11.6 Å². The standard InChI is InChI=1S/C13H21NO/c1-2-10-3-5-11(6-4-10)13(14)12-7-8-15-9-12/h7-11,13H,2-6,14H2,1H3. The van der Waals surface area contributed by atoms with Crippen molar-refractivity contribution in [2.24, 2.45) is 17.6 Å². The van der Waals surface area contributed by atoms with Crippen molar-refractivity contribution in [1.29, 1.82) is 0 Å². The molecule has 84 valence electrons. The Hall–Kier alpha value is -0.760. The minimum absolute atomic E-state index is 0.182. The maximum Gasteiger partial charge on any atom is 0.0950 e. The number of nitrogens with two attached hydrogens (primary N) is 1. The van der Waals surface area contributed by atoms with Crippen molar-refractivity contribution < 1.29 is 4.42 Å². The van der Waals surface area contributed by atoms with Gasteiger partial charge in [-0.15, -0.1) is 0 Å². The van der Waals surface area contributed by atoms with Gasteiger partial charge in [0.15, 0.2) is 0 Å². The Balaban J connectivity index is 1.90. The van der Waals surface area contributed by atoms with Crippen molar-refractivity contribution >= 4 is 0 Å². The molecule has 1 aliphatic carbocycles. The van der Waals surface area contributed by atoms with Crippen LogP contribution in [0.3, 0.4) is 0 Å². The van der Waals surface area contributed by atoms with Crippen LogP contribution in [0.15, 0.2) is 23.0 Å². The first-order chi connectivity index (χ1) is 7.31. The van der Waals surface area contributed by atoms with Gasteiger partial charge in [0.1, 0.15) is 0 Å². The summed E-state index contributed by atoms with van der Waals surface area (Å²) in [5.41, 5.74) is 7.40. The molecule has 2 rings (SSSR count). The van der Waals surface area contributed by atoms with E-state index < -0.39 is 0 Å². The zero-order valence-electron chi connectivity index (χ0n) is 9.49. The molecule has 1 aliphatic rings. The summed E-state index contributed by atoms with van der Waals surface area (Å²) in [6, 6.07) is 2.18. The van der Waals surface area contributed by atoms with Crippen LogP contribution in [0.2, 0.25) is 0 Å². The molecule has 1 aromatic rings. The van der Waals surface area contributed by atoms with Crippen LogP contribution in [0, 0.1) is 11.8 Å². The summed E-state index contributed by atoms with van der Waals surface area (Å²) >= 11 is 0. The smallest absolute Gasteiger partial charge is 0.0950 e. The first-order valence-corrected chi connectivity index (χ1v) is 6.09. The molecule has 2 N–H and O–H groups in total. The zero-order chi connectivity index (χ0) is 10.7. The molecule has 1 atom stereocenters. The monoisotopic (exact) mass is 207 g/mol. The Bertz CT molecular complexity index is 273. The van der Waals surface area contributed by atoms with Crippen molar-refractivity contribution in [3.8, 4) is 0 Å². The third-order valence-corrected chi connectivity index (χ3v) is 3.90. The largest absolute Gasteiger partial charge is 0.472 e. The molecular formula is C13H21NO. The molecule has 1 saturated carbocycles. The van der Waals surface area contributed by atoms with Gasteiger partial charge in [0.25, 0.3) is 0 Å². The maximum absolute atomic E-state index is 6.24. The molecule has 2 heteroatoms. The Kier molecular flexibility index (Phi) is 3.47. The molecule has 1 heterocycles. The van der Waals surface area contributed by atoms with Crippen molar-refractivity contribution in [2.45, 2.75) is 45.1 Å². The Morgan fingerprint density at radius 2 is 2.13 bits per heavy atom. The highest BCUT2D eigenvalue weighted by Gasteiger charge is 2.25. The van der Waals surface area contributed by atoms with Crippen LogP contribution in [0.5, 0.6) is 0 Å². The summed E-state index contributed by atoms with van der Waals surface area (Å²) in [4.78, 5) is 0. The summed E-state index contributed by atoms with van der Waals surface area (Å²) in [7, 11) is 0. The second-order valence-electron chi connectivity index (χ2n) is 4.77. The Morgan fingerprint density at radius 3 is 2.67 bits per heavy atom. The van der Waals surface area contributed by atoms with Gasteiger partial charge in [0.2, 0.25) is 0 Å². The van der Waals surface area contributed by atoms with Gasteiger partial charge >= 0.3 is 0 Å². The molecular weight excluding hydrogens is 186 g/mol. The predicted molar refractivity (Wildman–Crippen MR) is 61.4 cm³/mol. The van der Waals surface area contributed by atoms with Crippen LogP contribution in [-0.4, -0.2) is 0 Å². The maximum atomic E-state index is 6.24. The lowest BCUT2D eigenvalue weighted by Gasteiger charge is -2.31. The molecule has 0 radical (unpaired) electrons. The van der Waals surface area contributed by atoms with E-state index in [1.165, 1.54) is 32.1 Å². The quantitative estimate of drug-likeness (QED) is 0.824. The average molecular weight is 207 g/mol. The van der Waals surface area contributed by atoms with E-state index in [9.17, 15) is 0 Å². The first-order valence-electron chi connectivity index (χ1n) is 6.09. The Labute approximate surface area is 91.8 Å². The minimum Gasteiger partial charge on any atom is -0.472 e. The third-order valence-electron chi connectivity index (χ3n) is 3.90. The third kappa shape index (κ3) is 2.43. The molecule has 2 nitrogen and oxygen atoms in total. The van der Waals surface area contributed by atoms with Gasteiger partial charge in [-0.05, 0) is 30.7 Å². The van der Waals surface area contributed by atoms with Crippen molar-refractivity contribution in [3.63, 3.8) is 0 Å². The first kappa shape index (κ1) is 10.7. The Morgan fingerprint density at radius 1 is 1.40 bits per heavy atom. The van der Waals surface area contributed by atoms with Gasteiger partial charge in [-0.3, -0.25) is 0 Å². The summed E-state index contributed by atoms with van der Waals surface area (Å²) in [5, 5.41) is 0. The summed E-state index contributed by atoms with van der Waals surface area (Å²) < 4.78 is 5.09. The fraction of sp³-hybridized carbons (Fsp3) is 0.692. The number of furan rings is 1. The van der Waals surface area contributed by atoms with E-state index in [0.717, 1.165) is 11.5 Å². The molecule has 0 saturated heterocycles. The zero-order valence-corrected chi connectivity index (χ0v) is 9.49. The SMILES string of the molecule is CCC1CCC(C(N)c2ccoc2)CC1. The van der Waals surface area contributed by atoms with Crippen LogP contribution < -0.4 is 5.73 Å². The van der Waals surface area contributed by atoms with E-state index in [2.05, 4.69) is 6.92 Å².